The third-order valence-electron chi connectivity index (χ3n) is 3.96. The van der Waals surface area contributed by atoms with Crippen molar-refractivity contribution in [3.8, 4) is 11.8 Å². The van der Waals surface area contributed by atoms with Crippen LogP contribution in [0.25, 0.3) is 6.08 Å². The number of hydrogen-bond donors (Lipinski definition) is 1. The fourth-order valence-corrected chi connectivity index (χ4v) is 2.76. The molecule has 7 heteroatoms. The molecule has 0 unspecified atom stereocenters. The number of amides is 1. The quantitative estimate of drug-likeness (QED) is 0.555. The Balaban J connectivity index is 1.87. The first-order valence-electron chi connectivity index (χ1n) is 7.78. The molecule has 1 amide bonds. The van der Waals surface area contributed by atoms with Gasteiger partial charge in [0.25, 0.3) is 5.91 Å². The third-order valence-corrected chi connectivity index (χ3v) is 4.45. The van der Waals surface area contributed by atoms with Crippen molar-refractivity contribution < 1.29 is 19.1 Å². The number of carbonyl (C=O) groups is 2. The van der Waals surface area contributed by atoms with E-state index < -0.39 is 24.0 Å². The van der Waals surface area contributed by atoms with Crippen LogP contribution in [0.1, 0.15) is 25.3 Å². The summed E-state index contributed by atoms with van der Waals surface area (Å²) in [7, 11) is 1.54. The van der Waals surface area contributed by atoms with Gasteiger partial charge < -0.3 is 14.8 Å². The number of halogens is 1. The lowest BCUT2D eigenvalue weighted by Gasteiger charge is -2.22. The summed E-state index contributed by atoms with van der Waals surface area (Å²) in [6.45, 7) is 1.26. The van der Waals surface area contributed by atoms with E-state index in [0.29, 0.717) is 11.3 Å². The number of methoxy groups -OCH3 is 1. The molecule has 0 aromatic heterocycles. The highest BCUT2D eigenvalue weighted by Gasteiger charge is 2.43. The van der Waals surface area contributed by atoms with Crippen molar-refractivity contribution in [1.82, 2.24) is 5.32 Å². The molecule has 0 aliphatic heterocycles. The van der Waals surface area contributed by atoms with Gasteiger partial charge in [0.15, 0.2) is 6.61 Å². The second kappa shape index (κ2) is 8.17. The van der Waals surface area contributed by atoms with Gasteiger partial charge >= 0.3 is 5.97 Å². The van der Waals surface area contributed by atoms with Crippen LogP contribution in [0.2, 0.25) is 0 Å². The fourth-order valence-electron chi connectivity index (χ4n) is 2.39. The van der Waals surface area contributed by atoms with Gasteiger partial charge in [0.1, 0.15) is 11.3 Å². The molecule has 0 bridgehead atoms. The molecule has 1 saturated carbocycles. The van der Waals surface area contributed by atoms with Crippen LogP contribution in [0.5, 0.6) is 5.75 Å². The molecule has 1 N–H and O–H groups in total. The van der Waals surface area contributed by atoms with Crippen molar-refractivity contribution in [3.63, 3.8) is 0 Å². The van der Waals surface area contributed by atoms with Gasteiger partial charge in [0, 0.05) is 16.1 Å². The lowest BCUT2D eigenvalue weighted by Crippen LogP contribution is -2.48. The van der Waals surface area contributed by atoms with Gasteiger partial charge in [-0.1, -0.05) is 15.9 Å². The molecule has 1 aliphatic carbocycles. The van der Waals surface area contributed by atoms with E-state index in [1.165, 1.54) is 13.2 Å². The number of rotatable bonds is 7. The van der Waals surface area contributed by atoms with Crippen LogP contribution < -0.4 is 10.1 Å². The summed E-state index contributed by atoms with van der Waals surface area (Å²) in [5.41, 5.74) is -0.202. The van der Waals surface area contributed by atoms with Crippen LogP contribution in [0.15, 0.2) is 28.7 Å². The second-order valence-electron chi connectivity index (χ2n) is 5.96. The van der Waals surface area contributed by atoms with Gasteiger partial charge in [0.05, 0.1) is 13.2 Å². The number of ether oxygens (including phenoxy) is 2. The van der Waals surface area contributed by atoms with Crippen molar-refractivity contribution >= 4 is 33.9 Å². The molecule has 6 nitrogen and oxygen atoms in total. The van der Waals surface area contributed by atoms with E-state index in [9.17, 15) is 14.9 Å². The molecule has 132 valence electrons. The van der Waals surface area contributed by atoms with E-state index in [0.717, 1.165) is 17.3 Å². The Morgan fingerprint density at radius 1 is 1.48 bits per heavy atom. The minimum absolute atomic E-state index is 0.168. The molecule has 1 fully saturated rings. The molecule has 0 spiro atoms. The second-order valence-corrected chi connectivity index (χ2v) is 6.88. The van der Waals surface area contributed by atoms with E-state index >= 15 is 0 Å². The summed E-state index contributed by atoms with van der Waals surface area (Å²) < 4.78 is 11.0. The summed E-state index contributed by atoms with van der Waals surface area (Å²) in [5.74, 6) is -0.361. The zero-order valence-electron chi connectivity index (χ0n) is 14.0. The number of benzene rings is 1. The minimum Gasteiger partial charge on any atom is -0.496 e. The van der Waals surface area contributed by atoms with Gasteiger partial charge in [-0.25, -0.2) is 4.79 Å². The maximum Gasteiger partial charge on any atom is 0.331 e. The van der Waals surface area contributed by atoms with Crippen LogP contribution in [0.3, 0.4) is 0 Å². The normalized spacial score (nSPS) is 15.9. The summed E-state index contributed by atoms with van der Waals surface area (Å²) in [5, 5.41) is 11.8. The van der Waals surface area contributed by atoms with Gasteiger partial charge in [-0.05, 0) is 50.0 Å². The Bertz CT molecular complexity index is 737. The Kier molecular flexibility index (Phi) is 6.21. The average molecular weight is 407 g/mol. The highest BCUT2D eigenvalue weighted by Crippen LogP contribution is 2.39. The lowest BCUT2D eigenvalue weighted by atomic mass is 9.98. The number of carbonyl (C=O) groups excluding carboxylic acids is 2. The van der Waals surface area contributed by atoms with Crippen molar-refractivity contribution in [2.24, 2.45) is 5.92 Å². The minimum atomic E-state index is -0.900. The summed E-state index contributed by atoms with van der Waals surface area (Å²) in [6, 6.07) is 7.51. The van der Waals surface area contributed by atoms with E-state index in [2.05, 4.69) is 27.3 Å². The van der Waals surface area contributed by atoms with Gasteiger partial charge in [0.2, 0.25) is 0 Å². The third kappa shape index (κ3) is 5.33. The molecular formula is C18H19BrN2O4. The maximum atomic E-state index is 11.9. The van der Waals surface area contributed by atoms with Crippen LogP contribution in [-0.4, -0.2) is 31.1 Å². The van der Waals surface area contributed by atoms with E-state index in [4.69, 9.17) is 9.47 Å². The van der Waals surface area contributed by atoms with Crippen LogP contribution in [0.4, 0.5) is 0 Å². The fraction of sp³-hybridized carbons (Fsp3) is 0.389. The molecule has 1 aromatic carbocycles. The van der Waals surface area contributed by atoms with Gasteiger partial charge in [-0.15, -0.1) is 0 Å². The standard InChI is InChI=1S/C18H19BrN2O4/c1-18(11-20,13-4-5-13)21-16(22)10-25-17(23)8-3-12-9-14(19)6-7-15(12)24-2/h3,6-9,13H,4-5,10H2,1-2H3,(H,21,22)/b8-3+/t18-/m0/s1. The van der Waals surface area contributed by atoms with Crippen LogP contribution in [0, 0.1) is 17.2 Å². The van der Waals surface area contributed by atoms with Crippen molar-refractivity contribution in [3.05, 3.63) is 34.3 Å². The Hall–Kier alpha value is -2.33. The van der Waals surface area contributed by atoms with E-state index in [1.54, 1.807) is 25.1 Å². The van der Waals surface area contributed by atoms with E-state index in [-0.39, 0.29) is 5.92 Å². The summed E-state index contributed by atoms with van der Waals surface area (Å²) in [6.07, 6.45) is 4.61. The van der Waals surface area contributed by atoms with Crippen LogP contribution in [-0.2, 0) is 14.3 Å². The molecular weight excluding hydrogens is 388 g/mol. The number of nitrogens with one attached hydrogen (secondary N) is 1. The zero-order valence-corrected chi connectivity index (χ0v) is 15.6. The van der Waals surface area contributed by atoms with E-state index in [1.807, 2.05) is 6.07 Å². The lowest BCUT2D eigenvalue weighted by molar-refractivity contribution is -0.144. The number of nitrogens with zero attached hydrogens (tertiary/aromatic N) is 1. The Labute approximate surface area is 154 Å². The predicted molar refractivity (Wildman–Crippen MR) is 95.6 cm³/mol. The average Bonchev–Trinajstić information content (AvgIpc) is 3.43. The molecule has 1 aromatic rings. The van der Waals surface area contributed by atoms with Crippen molar-refractivity contribution in [2.75, 3.05) is 13.7 Å². The summed E-state index contributed by atoms with van der Waals surface area (Å²) in [4.78, 5) is 23.7. The monoisotopic (exact) mass is 406 g/mol. The topological polar surface area (TPSA) is 88.4 Å². The molecule has 0 saturated heterocycles. The number of nitriles is 1. The highest BCUT2D eigenvalue weighted by molar-refractivity contribution is 9.10. The SMILES string of the molecule is COc1ccc(Br)cc1/C=C/C(=O)OCC(=O)N[C@@](C)(C#N)C1CC1. The van der Waals surface area contributed by atoms with Crippen molar-refractivity contribution in [1.29, 1.82) is 5.26 Å². The zero-order chi connectivity index (χ0) is 18.4. The van der Waals surface area contributed by atoms with Gasteiger partial charge in [-0.3, -0.25) is 4.79 Å². The predicted octanol–water partition coefficient (Wildman–Crippen LogP) is 2.82. The van der Waals surface area contributed by atoms with Gasteiger partial charge in [-0.2, -0.15) is 5.26 Å². The smallest absolute Gasteiger partial charge is 0.331 e. The molecule has 0 radical (unpaired) electrons. The Morgan fingerprint density at radius 2 is 2.20 bits per heavy atom. The highest BCUT2D eigenvalue weighted by atomic mass is 79.9. The largest absolute Gasteiger partial charge is 0.496 e. The maximum absolute atomic E-state index is 11.9. The Morgan fingerprint density at radius 3 is 2.80 bits per heavy atom. The first-order chi connectivity index (χ1) is 11.9. The number of hydrogen-bond acceptors (Lipinski definition) is 5. The summed E-state index contributed by atoms with van der Waals surface area (Å²) >= 11 is 3.35. The first-order valence-corrected chi connectivity index (χ1v) is 8.58. The first kappa shape index (κ1) is 19.0. The molecule has 1 atom stereocenters. The molecule has 25 heavy (non-hydrogen) atoms. The molecule has 1 aliphatic rings. The molecule has 2 rings (SSSR count). The molecule has 0 heterocycles. The number of esters is 1. The van der Waals surface area contributed by atoms with Crippen molar-refractivity contribution in [2.45, 2.75) is 25.3 Å². The van der Waals surface area contributed by atoms with Crippen LogP contribution >= 0.6 is 15.9 Å².